The van der Waals surface area contributed by atoms with Crippen LogP contribution in [-0.4, -0.2) is 4.57 Å². The summed E-state index contributed by atoms with van der Waals surface area (Å²) in [5.74, 6) is 0. The summed E-state index contributed by atoms with van der Waals surface area (Å²) in [6.07, 6.45) is 0. The molecule has 0 aliphatic rings. The lowest BCUT2D eigenvalue weighted by Gasteiger charge is -2.26. The molecule has 3 heteroatoms. The van der Waals surface area contributed by atoms with E-state index in [0.717, 1.165) is 17.1 Å². The van der Waals surface area contributed by atoms with E-state index in [0.29, 0.717) is 0 Å². The molecule has 0 amide bonds. The number of nitrogens with zero attached hydrogens (tertiary/aromatic N) is 2. The van der Waals surface area contributed by atoms with Crippen molar-refractivity contribution < 1.29 is 0 Å². The van der Waals surface area contributed by atoms with Gasteiger partial charge in [-0.1, -0.05) is 108 Å². The summed E-state index contributed by atoms with van der Waals surface area (Å²) in [6.45, 7) is 4.28. The van der Waals surface area contributed by atoms with Gasteiger partial charge in [0.25, 0.3) is 0 Å². The van der Waals surface area contributed by atoms with Crippen molar-refractivity contribution in [2.24, 2.45) is 0 Å². The summed E-state index contributed by atoms with van der Waals surface area (Å²) in [6, 6.07) is 58.2. The van der Waals surface area contributed by atoms with E-state index in [9.17, 15) is 0 Å². The molecule has 2 aromatic heterocycles. The molecule has 2 nitrogen and oxygen atoms in total. The van der Waals surface area contributed by atoms with Crippen LogP contribution in [0.2, 0.25) is 0 Å². The maximum Gasteiger partial charge on any atom is 0.0640 e. The van der Waals surface area contributed by atoms with Gasteiger partial charge < -0.3 is 9.47 Å². The van der Waals surface area contributed by atoms with Crippen molar-refractivity contribution in [3.8, 4) is 5.69 Å². The topological polar surface area (TPSA) is 8.17 Å². The van der Waals surface area contributed by atoms with E-state index in [1.165, 1.54) is 80.3 Å². The molecule has 0 unspecified atom stereocenters. The van der Waals surface area contributed by atoms with Crippen molar-refractivity contribution in [2.75, 3.05) is 4.90 Å². The molecule has 10 rings (SSSR count). The SMILES string of the molecule is Cc1ccc(N(c2ccc(C)cc2)c2ccc3sc4c(-n5c6ccc7ccccc7c6c6c7ccccc7ccc65)cccc4c3c2)cc1. The van der Waals surface area contributed by atoms with Gasteiger partial charge in [-0.15, -0.1) is 11.3 Å². The molecule has 0 aliphatic carbocycles. The van der Waals surface area contributed by atoms with Crippen LogP contribution in [0.15, 0.2) is 158 Å². The van der Waals surface area contributed by atoms with Gasteiger partial charge in [0.1, 0.15) is 0 Å². The largest absolute Gasteiger partial charge is 0.310 e. The van der Waals surface area contributed by atoms with Gasteiger partial charge in [-0.05, 0) is 96.1 Å². The normalized spacial score (nSPS) is 11.9. The second kappa shape index (κ2) is 10.8. The predicted molar refractivity (Wildman–Crippen MR) is 213 cm³/mol. The van der Waals surface area contributed by atoms with Crippen molar-refractivity contribution >= 4 is 91.9 Å². The van der Waals surface area contributed by atoms with E-state index in [4.69, 9.17) is 0 Å². The van der Waals surface area contributed by atoms with Crippen LogP contribution in [0.25, 0.3) is 69.2 Å². The summed E-state index contributed by atoms with van der Waals surface area (Å²) in [7, 11) is 0. The molecule has 0 bridgehead atoms. The zero-order valence-corrected chi connectivity index (χ0v) is 28.1. The number of aryl methyl sites for hydroxylation is 2. The third-order valence-corrected chi connectivity index (χ3v) is 11.3. The Hall–Kier alpha value is -5.90. The van der Waals surface area contributed by atoms with Crippen LogP contribution < -0.4 is 4.90 Å². The van der Waals surface area contributed by atoms with Crippen molar-refractivity contribution in [1.29, 1.82) is 0 Å². The number of anilines is 3. The van der Waals surface area contributed by atoms with E-state index in [2.05, 4.69) is 181 Å². The molecule has 232 valence electrons. The summed E-state index contributed by atoms with van der Waals surface area (Å²) in [4.78, 5) is 2.37. The lowest BCUT2D eigenvalue weighted by Crippen LogP contribution is -2.09. The molecule has 10 aromatic rings. The Bertz CT molecular complexity index is 2750. The Morgan fingerprint density at radius 3 is 1.57 bits per heavy atom. The smallest absolute Gasteiger partial charge is 0.0640 e. The molecule has 0 atom stereocenters. The average molecular weight is 645 g/mol. The van der Waals surface area contributed by atoms with Crippen molar-refractivity contribution in [1.82, 2.24) is 4.57 Å². The van der Waals surface area contributed by atoms with Gasteiger partial charge in [0.15, 0.2) is 0 Å². The van der Waals surface area contributed by atoms with Gasteiger partial charge in [-0.3, -0.25) is 0 Å². The first-order chi connectivity index (χ1) is 24.1. The van der Waals surface area contributed by atoms with E-state index in [-0.39, 0.29) is 0 Å². The van der Waals surface area contributed by atoms with Gasteiger partial charge in [-0.25, -0.2) is 0 Å². The Kier molecular flexibility index (Phi) is 6.21. The number of rotatable bonds is 4. The maximum atomic E-state index is 2.51. The zero-order valence-electron chi connectivity index (χ0n) is 27.3. The molecule has 0 radical (unpaired) electrons. The fourth-order valence-electron chi connectivity index (χ4n) is 7.73. The predicted octanol–water partition coefficient (Wildman–Crippen LogP) is 13.5. The highest BCUT2D eigenvalue weighted by Gasteiger charge is 2.20. The minimum atomic E-state index is 1.15. The molecule has 0 spiro atoms. The van der Waals surface area contributed by atoms with Crippen molar-refractivity contribution in [2.45, 2.75) is 13.8 Å². The lowest BCUT2D eigenvalue weighted by molar-refractivity contribution is 1.20. The fraction of sp³-hybridized carbons (Fsp3) is 0.0435. The number of hydrogen-bond donors (Lipinski definition) is 0. The van der Waals surface area contributed by atoms with E-state index < -0.39 is 0 Å². The van der Waals surface area contributed by atoms with Crippen molar-refractivity contribution in [3.63, 3.8) is 0 Å². The Morgan fingerprint density at radius 1 is 0.449 bits per heavy atom. The molecule has 0 fully saturated rings. The molecule has 0 saturated heterocycles. The van der Waals surface area contributed by atoms with Crippen LogP contribution in [0, 0.1) is 13.8 Å². The Balaban J connectivity index is 1.24. The highest BCUT2D eigenvalue weighted by atomic mass is 32.1. The maximum absolute atomic E-state index is 2.51. The lowest BCUT2D eigenvalue weighted by atomic mass is 10.00. The quantitative estimate of drug-likeness (QED) is 0.185. The van der Waals surface area contributed by atoms with Gasteiger partial charge in [0.2, 0.25) is 0 Å². The van der Waals surface area contributed by atoms with Crippen LogP contribution in [0.1, 0.15) is 11.1 Å². The molecule has 0 saturated carbocycles. The summed E-state index contributed by atoms with van der Waals surface area (Å²) in [5.41, 5.74) is 9.66. The molecule has 2 heterocycles. The van der Waals surface area contributed by atoms with Crippen molar-refractivity contribution in [3.05, 3.63) is 169 Å². The zero-order chi connectivity index (χ0) is 32.6. The third-order valence-electron chi connectivity index (χ3n) is 10.1. The molecule has 49 heavy (non-hydrogen) atoms. The number of thiophene rings is 1. The second-order valence-corrected chi connectivity index (χ2v) is 14.2. The Labute approximate surface area is 288 Å². The first-order valence-corrected chi connectivity index (χ1v) is 17.7. The molecular weight excluding hydrogens is 613 g/mol. The number of benzene rings is 8. The van der Waals surface area contributed by atoms with Gasteiger partial charge >= 0.3 is 0 Å². The molecule has 0 aliphatic heterocycles. The first-order valence-electron chi connectivity index (χ1n) is 16.9. The molecular formula is C46H32N2S. The highest BCUT2D eigenvalue weighted by Crippen LogP contribution is 2.45. The van der Waals surface area contributed by atoms with Gasteiger partial charge in [0, 0.05) is 43.3 Å². The van der Waals surface area contributed by atoms with Crippen LogP contribution in [0.5, 0.6) is 0 Å². The van der Waals surface area contributed by atoms with E-state index >= 15 is 0 Å². The fourth-order valence-corrected chi connectivity index (χ4v) is 8.92. The van der Waals surface area contributed by atoms with E-state index in [1.807, 2.05) is 11.3 Å². The Morgan fingerprint density at radius 2 is 0.980 bits per heavy atom. The standard InChI is InChI=1S/C46H32N2S/c1-29-14-20-33(21-15-29)47(34-22-16-30(2)17-23-34)35-24-27-43-39(28-35)38-12-7-13-42(46(38)49-43)48-40-25-18-31-8-3-5-10-36(31)44(40)45-37-11-6-4-9-32(37)19-26-41(45)48/h3-28H,1-2H3. The monoisotopic (exact) mass is 644 g/mol. The summed E-state index contributed by atoms with van der Waals surface area (Å²) >= 11 is 1.89. The van der Waals surface area contributed by atoms with Crippen LogP contribution in [-0.2, 0) is 0 Å². The minimum Gasteiger partial charge on any atom is -0.310 e. The average Bonchev–Trinajstić information content (AvgIpc) is 3.69. The van der Waals surface area contributed by atoms with Crippen LogP contribution in [0.3, 0.4) is 0 Å². The number of fused-ring (bicyclic) bond motifs is 10. The number of aromatic nitrogens is 1. The summed E-state index contributed by atoms with van der Waals surface area (Å²) in [5, 5.41) is 10.3. The summed E-state index contributed by atoms with van der Waals surface area (Å²) < 4.78 is 5.09. The van der Waals surface area contributed by atoms with Crippen LogP contribution >= 0.6 is 11.3 Å². The molecule has 0 N–H and O–H groups in total. The highest BCUT2D eigenvalue weighted by molar-refractivity contribution is 7.26. The minimum absolute atomic E-state index is 1.15. The number of hydrogen-bond acceptors (Lipinski definition) is 2. The third kappa shape index (κ3) is 4.33. The second-order valence-electron chi connectivity index (χ2n) is 13.1. The van der Waals surface area contributed by atoms with Gasteiger partial charge in [-0.2, -0.15) is 0 Å². The van der Waals surface area contributed by atoms with E-state index in [1.54, 1.807) is 0 Å². The first kappa shape index (κ1) is 28.1. The molecule has 8 aromatic carbocycles. The van der Waals surface area contributed by atoms with Crippen LogP contribution in [0.4, 0.5) is 17.1 Å². The van der Waals surface area contributed by atoms with Gasteiger partial charge in [0.05, 0.1) is 21.4 Å².